The van der Waals surface area contributed by atoms with Gasteiger partial charge in [0.1, 0.15) is 11.9 Å². The largest absolute Gasteiger partial charge is 0.507 e. The smallest absolute Gasteiger partial charge is 0.151 e. The highest BCUT2D eigenvalue weighted by atomic mass is 19.1. The molecule has 4 atom stereocenters. The molecule has 3 fully saturated rings. The highest BCUT2D eigenvalue weighted by Crippen LogP contribution is 2.36. The van der Waals surface area contributed by atoms with Gasteiger partial charge in [-0.3, -0.25) is 0 Å². The van der Waals surface area contributed by atoms with Gasteiger partial charge in [-0.2, -0.15) is 0 Å². The molecule has 2 aliphatic heterocycles. The summed E-state index contributed by atoms with van der Waals surface area (Å²) in [5.41, 5.74) is 1.98. The molecule has 2 N–H and O–H groups in total. The van der Waals surface area contributed by atoms with Crippen LogP contribution < -0.4 is 10.2 Å². The summed E-state index contributed by atoms with van der Waals surface area (Å²) in [7, 11) is 1.89. The summed E-state index contributed by atoms with van der Waals surface area (Å²) >= 11 is 0. The van der Waals surface area contributed by atoms with Crippen LogP contribution >= 0.6 is 0 Å². The molecule has 8 heteroatoms. The molecule has 1 saturated carbocycles. The number of piperidine rings is 2. The molecule has 4 heterocycles. The van der Waals surface area contributed by atoms with Crippen LogP contribution in [0.1, 0.15) is 12.8 Å². The van der Waals surface area contributed by atoms with Crippen molar-refractivity contribution in [3.63, 3.8) is 0 Å². The Morgan fingerprint density at radius 1 is 1.21 bits per heavy atom. The fraction of sp³-hybridized carbons (Fsp3) is 0.381. The number of nitrogens with one attached hydrogen (secondary N) is 1. The van der Waals surface area contributed by atoms with Crippen LogP contribution in [0.25, 0.3) is 16.9 Å². The summed E-state index contributed by atoms with van der Waals surface area (Å²) in [6.45, 7) is 0.850. The number of halogens is 1. The van der Waals surface area contributed by atoms with Crippen LogP contribution in [-0.2, 0) is 0 Å². The second kappa shape index (κ2) is 7.11. The number of nitrogens with zero attached hydrogens (tertiary/aromatic N) is 5. The number of benzene rings is 1. The number of aromatic nitrogens is 4. The number of phenolic OH excluding ortho intramolecular Hbond substituents is 1. The lowest BCUT2D eigenvalue weighted by atomic mass is 9.75. The van der Waals surface area contributed by atoms with Crippen LogP contribution in [0.5, 0.6) is 5.75 Å². The first kappa shape index (κ1) is 18.1. The van der Waals surface area contributed by atoms with Crippen LogP contribution in [0, 0.1) is 5.92 Å². The number of imidazole rings is 1. The SMILES string of the molecule is CN(c1ccc(-c2ccc(-n3ccnc3)cc2O)nn1)[C@H]1[C@H]2CC[C@H](NC2)[C@@H]1F. The minimum atomic E-state index is -0.909. The molecular weight excluding hydrogens is 371 g/mol. The molecule has 2 aromatic heterocycles. The summed E-state index contributed by atoms with van der Waals surface area (Å²) in [4.78, 5) is 5.93. The summed E-state index contributed by atoms with van der Waals surface area (Å²) in [5.74, 6) is 1.04. The fourth-order valence-electron chi connectivity index (χ4n) is 4.61. The predicted octanol–water partition coefficient (Wildman–Crippen LogP) is 2.56. The molecule has 6 rings (SSSR count). The molecule has 3 aliphatic rings. The number of alkyl halides is 1. The second-order valence-corrected chi connectivity index (χ2v) is 7.85. The number of rotatable bonds is 4. The molecule has 150 valence electrons. The standard InChI is InChI=1S/C21H23FN6O/c1-27(21-13-2-5-17(20(21)22)24-11-13)19-7-6-16(25-26-19)15-4-3-14(10-18(15)29)28-9-8-23-12-28/h3-4,6-10,12-13,17,20-21,24,29H,2,5,11H2,1H3/t13-,17-,20-,21-/m0/s1. The van der Waals surface area contributed by atoms with Crippen molar-refractivity contribution in [2.75, 3.05) is 18.5 Å². The van der Waals surface area contributed by atoms with Crippen LogP contribution in [-0.4, -0.2) is 56.7 Å². The number of aromatic hydroxyl groups is 1. The molecule has 1 aliphatic carbocycles. The summed E-state index contributed by atoms with van der Waals surface area (Å²) < 4.78 is 16.7. The third kappa shape index (κ3) is 3.13. The monoisotopic (exact) mass is 394 g/mol. The van der Waals surface area contributed by atoms with Crippen molar-refractivity contribution in [3.8, 4) is 22.7 Å². The molecule has 0 amide bonds. The van der Waals surface area contributed by atoms with Crippen molar-refractivity contribution in [2.45, 2.75) is 31.1 Å². The molecule has 2 bridgehead atoms. The molecule has 7 nitrogen and oxygen atoms in total. The zero-order valence-electron chi connectivity index (χ0n) is 16.1. The van der Waals surface area contributed by atoms with E-state index in [9.17, 15) is 9.50 Å². The highest BCUT2D eigenvalue weighted by Gasteiger charge is 2.46. The number of phenols is 1. The van der Waals surface area contributed by atoms with Crippen LogP contribution in [0.2, 0.25) is 0 Å². The first-order chi connectivity index (χ1) is 14.1. The average Bonchev–Trinajstić information content (AvgIpc) is 3.29. The van der Waals surface area contributed by atoms with Gasteiger partial charge >= 0.3 is 0 Å². The Morgan fingerprint density at radius 3 is 2.72 bits per heavy atom. The molecular formula is C21H23FN6O. The first-order valence-corrected chi connectivity index (χ1v) is 9.87. The molecule has 2 saturated heterocycles. The lowest BCUT2D eigenvalue weighted by Gasteiger charge is -2.49. The Hall–Kier alpha value is -3.00. The van der Waals surface area contributed by atoms with Gasteiger partial charge in [-0.15, -0.1) is 10.2 Å². The van der Waals surface area contributed by atoms with Crippen LogP contribution in [0.3, 0.4) is 0 Å². The van der Waals surface area contributed by atoms with Gasteiger partial charge in [0.25, 0.3) is 0 Å². The van der Waals surface area contributed by atoms with Crippen molar-refractivity contribution in [1.29, 1.82) is 0 Å². The third-order valence-electron chi connectivity index (χ3n) is 6.20. The number of fused-ring (bicyclic) bond motifs is 3. The molecule has 0 unspecified atom stereocenters. The summed E-state index contributed by atoms with van der Waals surface area (Å²) in [6, 6.07) is 8.77. The van der Waals surface area contributed by atoms with E-state index in [4.69, 9.17) is 0 Å². The third-order valence-corrected chi connectivity index (χ3v) is 6.20. The van der Waals surface area contributed by atoms with Gasteiger partial charge in [0.2, 0.25) is 0 Å². The van der Waals surface area contributed by atoms with Crippen molar-refractivity contribution >= 4 is 5.82 Å². The maximum absolute atomic E-state index is 14.8. The second-order valence-electron chi connectivity index (χ2n) is 7.85. The predicted molar refractivity (Wildman–Crippen MR) is 108 cm³/mol. The minimum Gasteiger partial charge on any atom is -0.507 e. The zero-order chi connectivity index (χ0) is 20.0. The van der Waals surface area contributed by atoms with Gasteiger partial charge in [0.05, 0.1) is 23.8 Å². The van der Waals surface area contributed by atoms with Crippen LogP contribution in [0.4, 0.5) is 10.2 Å². The highest BCUT2D eigenvalue weighted by molar-refractivity contribution is 5.69. The van der Waals surface area contributed by atoms with E-state index < -0.39 is 6.17 Å². The van der Waals surface area contributed by atoms with Gasteiger partial charge in [-0.25, -0.2) is 9.37 Å². The maximum Gasteiger partial charge on any atom is 0.151 e. The maximum atomic E-state index is 14.8. The van der Waals surface area contributed by atoms with E-state index in [1.807, 2.05) is 40.9 Å². The number of hydrogen-bond donors (Lipinski definition) is 2. The summed E-state index contributed by atoms with van der Waals surface area (Å²) in [5, 5.41) is 22.4. The Bertz CT molecular complexity index is 983. The molecule has 1 aromatic carbocycles. The lowest BCUT2D eigenvalue weighted by molar-refractivity contribution is 0.0702. The summed E-state index contributed by atoms with van der Waals surface area (Å²) in [6.07, 6.45) is 6.19. The Kier molecular flexibility index (Phi) is 4.43. The Balaban J connectivity index is 1.38. The quantitative estimate of drug-likeness (QED) is 0.708. The minimum absolute atomic E-state index is 0.0642. The Morgan fingerprint density at radius 2 is 2.10 bits per heavy atom. The fourth-order valence-corrected chi connectivity index (χ4v) is 4.61. The average molecular weight is 394 g/mol. The van der Waals surface area contributed by atoms with E-state index in [-0.39, 0.29) is 23.8 Å². The van der Waals surface area contributed by atoms with Gasteiger partial charge in [-0.1, -0.05) is 0 Å². The molecule has 0 spiro atoms. The van der Waals surface area contributed by atoms with E-state index in [1.54, 1.807) is 24.7 Å². The van der Waals surface area contributed by atoms with Crippen molar-refractivity contribution in [3.05, 3.63) is 49.1 Å². The van der Waals surface area contributed by atoms with Gasteiger partial charge in [0, 0.05) is 43.7 Å². The van der Waals surface area contributed by atoms with Gasteiger partial charge < -0.3 is 19.9 Å². The number of hydrogen-bond acceptors (Lipinski definition) is 6. The van der Waals surface area contributed by atoms with E-state index in [1.165, 1.54) is 0 Å². The van der Waals surface area contributed by atoms with Crippen molar-refractivity contribution < 1.29 is 9.50 Å². The normalized spacial score (nSPS) is 25.9. The van der Waals surface area contributed by atoms with E-state index in [2.05, 4.69) is 20.5 Å². The lowest BCUT2D eigenvalue weighted by Crippen LogP contribution is -2.64. The first-order valence-electron chi connectivity index (χ1n) is 9.87. The molecule has 3 aromatic rings. The van der Waals surface area contributed by atoms with E-state index in [0.717, 1.165) is 25.1 Å². The van der Waals surface area contributed by atoms with Gasteiger partial charge in [-0.05, 0) is 43.0 Å². The van der Waals surface area contributed by atoms with Gasteiger partial charge in [0.15, 0.2) is 5.82 Å². The Labute approximate surface area is 168 Å². The molecule has 0 radical (unpaired) electrons. The van der Waals surface area contributed by atoms with Crippen molar-refractivity contribution in [1.82, 2.24) is 25.1 Å². The van der Waals surface area contributed by atoms with E-state index in [0.29, 0.717) is 17.1 Å². The molecule has 29 heavy (non-hydrogen) atoms. The van der Waals surface area contributed by atoms with Crippen LogP contribution in [0.15, 0.2) is 49.1 Å². The van der Waals surface area contributed by atoms with Crippen molar-refractivity contribution in [2.24, 2.45) is 5.92 Å². The zero-order valence-corrected chi connectivity index (χ0v) is 16.1. The van der Waals surface area contributed by atoms with E-state index >= 15 is 0 Å². The topological polar surface area (TPSA) is 79.1 Å². The number of anilines is 1.